The molecule has 0 unspecified atom stereocenters. The van der Waals surface area contributed by atoms with Gasteiger partial charge < -0.3 is 15.4 Å². The highest BCUT2D eigenvalue weighted by atomic mass is 16.5. The van der Waals surface area contributed by atoms with Crippen LogP contribution in [0.4, 0.5) is 0 Å². The number of rotatable bonds is 4. The molecule has 0 bridgehead atoms. The number of fused-ring (bicyclic) bond motifs is 1. The van der Waals surface area contributed by atoms with Gasteiger partial charge in [0.2, 0.25) is 0 Å². The fraction of sp³-hybridized carbons (Fsp3) is 0.538. The molecule has 0 spiro atoms. The minimum atomic E-state index is 0.228. The lowest BCUT2D eigenvalue weighted by Crippen LogP contribution is -2.19. The van der Waals surface area contributed by atoms with Crippen molar-refractivity contribution >= 4 is 0 Å². The summed E-state index contributed by atoms with van der Waals surface area (Å²) >= 11 is 0. The number of hydrogen-bond donors (Lipinski definition) is 1. The summed E-state index contributed by atoms with van der Waals surface area (Å²) in [5.41, 5.74) is 8.64. The molecule has 1 aliphatic rings. The summed E-state index contributed by atoms with van der Waals surface area (Å²) < 4.78 is 5.69. The Balaban J connectivity index is 1.97. The summed E-state index contributed by atoms with van der Waals surface area (Å²) in [5.74, 6) is 0.967. The van der Waals surface area contributed by atoms with Crippen LogP contribution in [0, 0.1) is 0 Å². The Morgan fingerprint density at radius 2 is 2.25 bits per heavy atom. The average molecular weight is 220 g/mol. The van der Waals surface area contributed by atoms with Crippen molar-refractivity contribution in [3.8, 4) is 5.75 Å². The van der Waals surface area contributed by atoms with Crippen LogP contribution in [0.5, 0.6) is 5.75 Å². The first-order chi connectivity index (χ1) is 7.66. The molecular weight excluding hydrogens is 200 g/mol. The molecule has 0 aliphatic heterocycles. The van der Waals surface area contributed by atoms with E-state index >= 15 is 0 Å². The van der Waals surface area contributed by atoms with Crippen molar-refractivity contribution in [1.82, 2.24) is 4.90 Å². The van der Waals surface area contributed by atoms with E-state index in [-0.39, 0.29) is 6.04 Å². The maximum absolute atomic E-state index is 5.99. The summed E-state index contributed by atoms with van der Waals surface area (Å²) in [6, 6.07) is 6.50. The average Bonchev–Trinajstić information content (AvgIpc) is 2.60. The second-order valence-electron chi connectivity index (χ2n) is 4.66. The number of nitrogens with zero attached hydrogens (tertiary/aromatic N) is 1. The van der Waals surface area contributed by atoms with Gasteiger partial charge in [0.1, 0.15) is 12.4 Å². The maximum atomic E-state index is 5.99. The number of likely N-dealkylation sites (N-methyl/N-ethyl adjacent to an activating group) is 1. The van der Waals surface area contributed by atoms with Gasteiger partial charge in [-0.25, -0.2) is 0 Å². The molecule has 0 aromatic heterocycles. The number of nitrogens with two attached hydrogens (primary N) is 1. The van der Waals surface area contributed by atoms with Gasteiger partial charge in [-0.1, -0.05) is 6.07 Å². The van der Waals surface area contributed by atoms with Crippen LogP contribution >= 0.6 is 0 Å². The second-order valence-corrected chi connectivity index (χ2v) is 4.66. The maximum Gasteiger partial charge on any atom is 0.119 e. The van der Waals surface area contributed by atoms with E-state index in [1.54, 1.807) is 0 Å². The third kappa shape index (κ3) is 2.54. The minimum absolute atomic E-state index is 0.228. The van der Waals surface area contributed by atoms with Gasteiger partial charge in [-0.2, -0.15) is 0 Å². The molecule has 0 radical (unpaired) electrons. The van der Waals surface area contributed by atoms with Gasteiger partial charge in [0, 0.05) is 12.6 Å². The first-order valence-electron chi connectivity index (χ1n) is 5.83. The number of benzene rings is 1. The summed E-state index contributed by atoms with van der Waals surface area (Å²) in [6.07, 6.45) is 2.15. The van der Waals surface area contributed by atoms with Crippen molar-refractivity contribution in [2.24, 2.45) is 5.73 Å². The molecule has 2 rings (SSSR count). The summed E-state index contributed by atoms with van der Waals surface area (Å²) in [5, 5.41) is 0. The first kappa shape index (κ1) is 11.4. The van der Waals surface area contributed by atoms with E-state index in [0.29, 0.717) is 0 Å². The van der Waals surface area contributed by atoms with Crippen molar-refractivity contribution in [3.05, 3.63) is 29.3 Å². The van der Waals surface area contributed by atoms with Gasteiger partial charge in [0.15, 0.2) is 0 Å². The fourth-order valence-electron chi connectivity index (χ4n) is 2.06. The van der Waals surface area contributed by atoms with Crippen molar-refractivity contribution in [2.75, 3.05) is 27.2 Å². The Kier molecular flexibility index (Phi) is 3.46. The standard InChI is InChI=1S/C13H20N2O/c1-15(2)7-8-16-11-4-5-12-10(9-11)3-6-13(12)14/h4-5,9,13H,3,6-8,14H2,1-2H3/t13-/m0/s1. The van der Waals surface area contributed by atoms with Crippen LogP contribution in [0.2, 0.25) is 0 Å². The molecule has 88 valence electrons. The number of ether oxygens (including phenoxy) is 1. The molecule has 0 heterocycles. The number of hydrogen-bond acceptors (Lipinski definition) is 3. The van der Waals surface area contributed by atoms with Gasteiger partial charge in [-0.05, 0) is 50.2 Å². The van der Waals surface area contributed by atoms with Crippen molar-refractivity contribution in [1.29, 1.82) is 0 Å². The van der Waals surface area contributed by atoms with Gasteiger partial charge in [-0.15, -0.1) is 0 Å². The monoisotopic (exact) mass is 220 g/mol. The predicted molar refractivity (Wildman–Crippen MR) is 65.7 cm³/mol. The molecule has 3 heteroatoms. The molecule has 0 saturated heterocycles. The van der Waals surface area contributed by atoms with Crippen molar-refractivity contribution < 1.29 is 4.74 Å². The molecule has 16 heavy (non-hydrogen) atoms. The molecule has 0 amide bonds. The molecule has 1 aliphatic carbocycles. The Labute approximate surface area is 97.2 Å². The van der Waals surface area contributed by atoms with E-state index in [4.69, 9.17) is 10.5 Å². The molecule has 2 N–H and O–H groups in total. The third-order valence-electron chi connectivity index (χ3n) is 3.05. The SMILES string of the molecule is CN(C)CCOc1ccc2c(c1)CC[C@@H]2N. The highest BCUT2D eigenvalue weighted by Gasteiger charge is 2.18. The number of aryl methyl sites for hydroxylation is 1. The lowest BCUT2D eigenvalue weighted by atomic mass is 10.1. The largest absolute Gasteiger partial charge is 0.492 e. The minimum Gasteiger partial charge on any atom is -0.492 e. The Morgan fingerprint density at radius 1 is 1.44 bits per heavy atom. The zero-order valence-electron chi connectivity index (χ0n) is 10.1. The third-order valence-corrected chi connectivity index (χ3v) is 3.05. The van der Waals surface area contributed by atoms with Crippen LogP contribution in [-0.4, -0.2) is 32.1 Å². The van der Waals surface area contributed by atoms with Gasteiger partial charge in [0.05, 0.1) is 0 Å². The second kappa shape index (κ2) is 4.85. The smallest absolute Gasteiger partial charge is 0.119 e. The molecule has 0 fully saturated rings. The normalized spacial score (nSPS) is 18.9. The first-order valence-corrected chi connectivity index (χ1v) is 5.83. The molecular formula is C13H20N2O. The molecule has 0 saturated carbocycles. The molecule has 3 nitrogen and oxygen atoms in total. The van der Waals surface area contributed by atoms with E-state index in [1.807, 2.05) is 20.2 Å². The predicted octanol–water partition coefficient (Wildman–Crippen LogP) is 1.57. The van der Waals surface area contributed by atoms with E-state index in [2.05, 4.69) is 17.0 Å². The lowest BCUT2D eigenvalue weighted by molar-refractivity contribution is 0.261. The van der Waals surface area contributed by atoms with Crippen LogP contribution in [0.1, 0.15) is 23.6 Å². The summed E-state index contributed by atoms with van der Waals surface area (Å²) in [7, 11) is 4.09. The van der Waals surface area contributed by atoms with Crippen LogP contribution in [0.3, 0.4) is 0 Å². The van der Waals surface area contributed by atoms with Crippen LogP contribution in [0.25, 0.3) is 0 Å². The Morgan fingerprint density at radius 3 is 3.00 bits per heavy atom. The van der Waals surface area contributed by atoms with Gasteiger partial charge in [-0.3, -0.25) is 0 Å². The molecule has 1 aromatic rings. The van der Waals surface area contributed by atoms with Crippen LogP contribution in [0.15, 0.2) is 18.2 Å². The zero-order chi connectivity index (χ0) is 11.5. The van der Waals surface area contributed by atoms with Crippen LogP contribution < -0.4 is 10.5 Å². The Bertz CT molecular complexity index is 363. The topological polar surface area (TPSA) is 38.5 Å². The van der Waals surface area contributed by atoms with E-state index in [1.165, 1.54) is 11.1 Å². The van der Waals surface area contributed by atoms with Crippen LogP contribution in [-0.2, 0) is 6.42 Å². The summed E-state index contributed by atoms with van der Waals surface area (Å²) in [6.45, 7) is 1.68. The fourth-order valence-corrected chi connectivity index (χ4v) is 2.06. The quantitative estimate of drug-likeness (QED) is 0.837. The van der Waals surface area contributed by atoms with Gasteiger partial charge in [0.25, 0.3) is 0 Å². The summed E-state index contributed by atoms with van der Waals surface area (Å²) in [4.78, 5) is 2.11. The highest BCUT2D eigenvalue weighted by molar-refractivity contribution is 5.40. The van der Waals surface area contributed by atoms with E-state index in [9.17, 15) is 0 Å². The highest BCUT2D eigenvalue weighted by Crippen LogP contribution is 2.31. The zero-order valence-corrected chi connectivity index (χ0v) is 10.1. The van der Waals surface area contributed by atoms with Gasteiger partial charge >= 0.3 is 0 Å². The van der Waals surface area contributed by atoms with E-state index in [0.717, 1.165) is 31.7 Å². The lowest BCUT2D eigenvalue weighted by Gasteiger charge is -2.12. The molecule has 1 aromatic carbocycles. The van der Waals surface area contributed by atoms with Crippen molar-refractivity contribution in [2.45, 2.75) is 18.9 Å². The molecule has 1 atom stereocenters. The van der Waals surface area contributed by atoms with Crippen molar-refractivity contribution in [3.63, 3.8) is 0 Å². The Hall–Kier alpha value is -1.06. The van der Waals surface area contributed by atoms with E-state index < -0.39 is 0 Å².